The normalized spacial score (nSPS) is 21.5. The number of rotatable bonds is 8. The fourth-order valence-electron chi connectivity index (χ4n) is 3.89. The quantitative estimate of drug-likeness (QED) is 0.670. The van der Waals surface area contributed by atoms with E-state index in [0.29, 0.717) is 5.92 Å². The van der Waals surface area contributed by atoms with Gasteiger partial charge in [-0.1, -0.05) is 32.4 Å². The first-order valence-corrected chi connectivity index (χ1v) is 9.54. The van der Waals surface area contributed by atoms with Gasteiger partial charge in [-0.15, -0.1) is 0 Å². The molecule has 1 aromatic carbocycles. The van der Waals surface area contributed by atoms with E-state index >= 15 is 0 Å². The number of hydrogen-bond donors (Lipinski definition) is 0. The Bertz CT molecular complexity index is 490. The molecular weight excluding hydrogens is 302 g/mol. The first-order valence-electron chi connectivity index (χ1n) is 9.54. The van der Waals surface area contributed by atoms with Crippen LogP contribution in [0.15, 0.2) is 24.3 Å². The number of nitrogens with zero attached hydrogens (tertiary/aromatic N) is 1. The van der Waals surface area contributed by atoms with E-state index in [9.17, 15) is 0 Å². The lowest BCUT2D eigenvalue weighted by Crippen LogP contribution is -2.48. The number of ether oxygens (including phenoxy) is 3. The summed E-state index contributed by atoms with van der Waals surface area (Å²) >= 11 is 0. The Morgan fingerprint density at radius 1 is 1.08 bits per heavy atom. The van der Waals surface area contributed by atoms with Gasteiger partial charge < -0.3 is 19.1 Å². The highest BCUT2D eigenvalue weighted by Crippen LogP contribution is 2.48. The second kappa shape index (κ2) is 8.21. The van der Waals surface area contributed by atoms with E-state index in [4.69, 9.17) is 14.2 Å². The second-order valence-electron chi connectivity index (χ2n) is 6.83. The molecule has 0 radical (unpaired) electrons. The Morgan fingerprint density at radius 3 is 2.46 bits per heavy atom. The van der Waals surface area contributed by atoms with E-state index in [-0.39, 0.29) is 0 Å². The molecule has 0 amide bonds. The summed E-state index contributed by atoms with van der Waals surface area (Å²) in [5.74, 6) is 1.75. The third-order valence-electron chi connectivity index (χ3n) is 5.42. The van der Waals surface area contributed by atoms with Gasteiger partial charge in [0.05, 0.1) is 6.61 Å². The number of benzene rings is 1. The molecule has 0 saturated heterocycles. The highest BCUT2D eigenvalue weighted by molar-refractivity contribution is 5.43. The molecule has 0 aromatic heterocycles. The zero-order chi connectivity index (χ0) is 16.8. The van der Waals surface area contributed by atoms with Gasteiger partial charge in [-0.2, -0.15) is 0 Å². The van der Waals surface area contributed by atoms with Crippen molar-refractivity contribution >= 4 is 0 Å². The highest BCUT2D eigenvalue weighted by atomic mass is 16.7. The van der Waals surface area contributed by atoms with Gasteiger partial charge in [0.25, 0.3) is 5.79 Å². The summed E-state index contributed by atoms with van der Waals surface area (Å²) < 4.78 is 18.5. The molecule has 1 aliphatic carbocycles. The minimum absolute atomic E-state index is 0.409. The molecule has 3 rings (SSSR count). The van der Waals surface area contributed by atoms with Gasteiger partial charge in [0.1, 0.15) is 0 Å². The molecule has 4 heteroatoms. The molecule has 1 fully saturated rings. The molecule has 2 aliphatic rings. The molecule has 24 heavy (non-hydrogen) atoms. The Balaban J connectivity index is 1.49. The first-order chi connectivity index (χ1) is 11.8. The molecule has 1 aliphatic heterocycles. The maximum absolute atomic E-state index is 6.29. The van der Waals surface area contributed by atoms with Crippen LogP contribution in [0.3, 0.4) is 0 Å². The van der Waals surface area contributed by atoms with Crippen LogP contribution in [0, 0.1) is 5.92 Å². The molecule has 1 unspecified atom stereocenters. The van der Waals surface area contributed by atoms with Gasteiger partial charge in [0.15, 0.2) is 11.5 Å². The molecule has 1 saturated carbocycles. The van der Waals surface area contributed by atoms with Crippen molar-refractivity contribution in [2.45, 2.75) is 51.7 Å². The van der Waals surface area contributed by atoms with Crippen LogP contribution in [-0.4, -0.2) is 43.5 Å². The van der Waals surface area contributed by atoms with Crippen molar-refractivity contribution in [3.8, 4) is 11.5 Å². The highest BCUT2D eigenvalue weighted by Gasteiger charge is 2.49. The van der Waals surface area contributed by atoms with Crippen LogP contribution >= 0.6 is 0 Å². The molecule has 1 heterocycles. The lowest BCUT2D eigenvalue weighted by molar-refractivity contribution is -0.153. The predicted molar refractivity (Wildman–Crippen MR) is 95.6 cm³/mol. The fourth-order valence-corrected chi connectivity index (χ4v) is 3.89. The van der Waals surface area contributed by atoms with Gasteiger partial charge in [-0.25, -0.2) is 0 Å². The summed E-state index contributed by atoms with van der Waals surface area (Å²) in [6.07, 6.45) is 5.58. The van der Waals surface area contributed by atoms with E-state index < -0.39 is 5.79 Å². The lowest BCUT2D eigenvalue weighted by Gasteiger charge is -2.39. The van der Waals surface area contributed by atoms with Crippen LogP contribution in [0.2, 0.25) is 0 Å². The SMILES string of the molecule is CCN(CC)CCOCCC1CCCCC12Oc1ccccc1O2. The third-order valence-corrected chi connectivity index (χ3v) is 5.42. The average Bonchev–Trinajstić information content (AvgIpc) is 2.98. The molecule has 134 valence electrons. The molecule has 0 bridgehead atoms. The summed E-state index contributed by atoms with van der Waals surface area (Å²) in [5, 5.41) is 0. The van der Waals surface area contributed by atoms with Crippen LogP contribution in [-0.2, 0) is 4.74 Å². The summed E-state index contributed by atoms with van der Waals surface area (Å²) in [5.41, 5.74) is 0. The number of fused-ring (bicyclic) bond motifs is 1. The van der Waals surface area contributed by atoms with Crippen LogP contribution in [0.25, 0.3) is 0 Å². The average molecular weight is 333 g/mol. The summed E-state index contributed by atoms with van der Waals surface area (Å²) in [4.78, 5) is 2.39. The van der Waals surface area contributed by atoms with Crippen LogP contribution in [0.4, 0.5) is 0 Å². The Labute approximate surface area is 146 Å². The second-order valence-corrected chi connectivity index (χ2v) is 6.83. The summed E-state index contributed by atoms with van der Waals surface area (Å²) in [7, 11) is 0. The smallest absolute Gasteiger partial charge is 0.254 e. The Hall–Kier alpha value is -1.26. The van der Waals surface area contributed by atoms with Gasteiger partial charge >= 0.3 is 0 Å². The van der Waals surface area contributed by atoms with Crippen molar-refractivity contribution in [2.24, 2.45) is 5.92 Å². The van der Waals surface area contributed by atoms with E-state index in [1.807, 2.05) is 24.3 Å². The molecule has 0 N–H and O–H groups in total. The van der Waals surface area contributed by atoms with Gasteiger partial charge in [0, 0.05) is 25.5 Å². The maximum atomic E-state index is 6.29. The van der Waals surface area contributed by atoms with Crippen molar-refractivity contribution in [3.63, 3.8) is 0 Å². The van der Waals surface area contributed by atoms with Gasteiger partial charge in [0.2, 0.25) is 0 Å². The number of likely N-dealkylation sites (N-methyl/N-ethyl adjacent to an activating group) is 1. The molecule has 1 spiro atoms. The standard InChI is InChI=1S/C20H31NO3/c1-3-21(4-2)14-16-22-15-12-17-9-7-8-13-20(17)23-18-10-5-6-11-19(18)24-20/h5-6,10-11,17H,3-4,7-9,12-16H2,1-2H3. The van der Waals surface area contributed by atoms with Crippen molar-refractivity contribution in [2.75, 3.05) is 32.8 Å². The van der Waals surface area contributed by atoms with Gasteiger partial charge in [-0.3, -0.25) is 0 Å². The monoisotopic (exact) mass is 333 g/mol. The predicted octanol–water partition coefficient (Wildman–Crippen LogP) is 4.09. The number of para-hydroxylation sites is 2. The zero-order valence-electron chi connectivity index (χ0n) is 15.1. The Morgan fingerprint density at radius 2 is 1.79 bits per heavy atom. The van der Waals surface area contributed by atoms with E-state index in [2.05, 4.69) is 18.7 Å². The first kappa shape index (κ1) is 17.6. The molecular formula is C20H31NO3. The lowest BCUT2D eigenvalue weighted by atomic mass is 9.81. The minimum atomic E-state index is -0.454. The van der Waals surface area contributed by atoms with Crippen molar-refractivity contribution in [1.82, 2.24) is 4.90 Å². The van der Waals surface area contributed by atoms with Gasteiger partial charge in [-0.05, 0) is 44.5 Å². The van der Waals surface area contributed by atoms with E-state index in [1.54, 1.807) is 0 Å². The van der Waals surface area contributed by atoms with Crippen LogP contribution in [0.1, 0.15) is 46.0 Å². The maximum Gasteiger partial charge on any atom is 0.254 e. The molecule has 4 nitrogen and oxygen atoms in total. The summed E-state index contributed by atoms with van der Waals surface area (Å²) in [6, 6.07) is 8.04. The molecule has 1 aromatic rings. The minimum Gasteiger partial charge on any atom is -0.448 e. The topological polar surface area (TPSA) is 30.9 Å². The Kier molecular flexibility index (Phi) is 6.01. The molecule has 1 atom stereocenters. The van der Waals surface area contributed by atoms with Crippen LogP contribution in [0.5, 0.6) is 11.5 Å². The van der Waals surface area contributed by atoms with E-state index in [0.717, 1.165) is 63.6 Å². The fraction of sp³-hybridized carbons (Fsp3) is 0.700. The van der Waals surface area contributed by atoms with E-state index in [1.165, 1.54) is 12.8 Å². The van der Waals surface area contributed by atoms with Crippen molar-refractivity contribution in [1.29, 1.82) is 0 Å². The van der Waals surface area contributed by atoms with Crippen molar-refractivity contribution in [3.05, 3.63) is 24.3 Å². The zero-order valence-corrected chi connectivity index (χ0v) is 15.1. The van der Waals surface area contributed by atoms with Crippen LogP contribution < -0.4 is 9.47 Å². The van der Waals surface area contributed by atoms with Crippen molar-refractivity contribution < 1.29 is 14.2 Å². The number of hydrogen-bond acceptors (Lipinski definition) is 4. The summed E-state index contributed by atoms with van der Waals surface area (Å²) in [6.45, 7) is 9.18. The largest absolute Gasteiger partial charge is 0.448 e. The third kappa shape index (κ3) is 3.86.